The third kappa shape index (κ3) is 5.84. The van der Waals surface area contributed by atoms with Gasteiger partial charge in [0, 0.05) is 8.80 Å². The Bertz CT molecular complexity index is 570. The zero-order chi connectivity index (χ0) is 19.1. The van der Waals surface area contributed by atoms with Crippen LogP contribution in [0.5, 0.6) is 5.75 Å². The summed E-state index contributed by atoms with van der Waals surface area (Å²) < 4.78 is 10.9. The van der Waals surface area contributed by atoms with Gasteiger partial charge in [-0.15, -0.1) is 0 Å². The number of hydrogen-bond donors (Lipinski definition) is 0. The molecule has 3 rings (SSSR count). The van der Waals surface area contributed by atoms with Crippen LogP contribution in [0.15, 0.2) is 24.3 Å². The van der Waals surface area contributed by atoms with E-state index in [9.17, 15) is 4.79 Å². The molecular weight excluding hydrogens is 352 g/mol. The summed E-state index contributed by atoms with van der Waals surface area (Å²) in [6.45, 7) is 2.32. The minimum Gasteiger partial charge on any atom is -0.497 e. The molecule has 1 aromatic carbocycles. The fourth-order valence-electron chi connectivity index (χ4n) is 5.07. The first kappa shape index (κ1) is 20.4. The molecule has 0 amide bonds. The standard InChI is InChI=1S/C23H36O3Si/c1-3-4-15-27-16-13-19(14-17-27)18-5-11-22(12-6-18)26-23(24)20-7-9-21(25-2)10-8-20/h7-10,18-19,22,27H,3-6,11-17H2,1-2H3. The summed E-state index contributed by atoms with van der Waals surface area (Å²) in [6.07, 6.45) is 10.5. The van der Waals surface area contributed by atoms with Crippen LogP contribution < -0.4 is 4.74 Å². The Morgan fingerprint density at radius 2 is 1.63 bits per heavy atom. The van der Waals surface area contributed by atoms with Gasteiger partial charge in [-0.1, -0.05) is 50.7 Å². The van der Waals surface area contributed by atoms with E-state index in [4.69, 9.17) is 9.47 Å². The largest absolute Gasteiger partial charge is 0.497 e. The lowest BCUT2D eigenvalue weighted by molar-refractivity contribution is 0.0127. The van der Waals surface area contributed by atoms with Gasteiger partial charge in [0.25, 0.3) is 0 Å². The van der Waals surface area contributed by atoms with Crippen molar-refractivity contribution in [1.82, 2.24) is 0 Å². The zero-order valence-corrected chi connectivity index (χ0v) is 18.3. The second kappa shape index (κ2) is 10.3. The van der Waals surface area contributed by atoms with Gasteiger partial charge in [-0.05, 0) is 61.8 Å². The average Bonchev–Trinajstić information content (AvgIpc) is 2.73. The molecule has 1 saturated carbocycles. The summed E-state index contributed by atoms with van der Waals surface area (Å²) in [6, 6.07) is 11.9. The summed E-state index contributed by atoms with van der Waals surface area (Å²) in [7, 11) is 1.24. The molecule has 2 fully saturated rings. The molecule has 1 aromatic rings. The molecule has 0 N–H and O–H groups in total. The van der Waals surface area contributed by atoms with Gasteiger partial charge in [0.1, 0.15) is 11.9 Å². The number of carbonyl (C=O) groups is 1. The molecule has 0 bridgehead atoms. The van der Waals surface area contributed by atoms with Crippen molar-refractivity contribution < 1.29 is 14.3 Å². The van der Waals surface area contributed by atoms with E-state index < -0.39 is 0 Å². The number of ether oxygens (including phenoxy) is 2. The van der Waals surface area contributed by atoms with Gasteiger partial charge in [-0.2, -0.15) is 0 Å². The Morgan fingerprint density at radius 3 is 2.22 bits per heavy atom. The van der Waals surface area contributed by atoms with E-state index in [1.807, 2.05) is 12.1 Å². The first-order valence-corrected chi connectivity index (χ1v) is 13.5. The number of hydrogen-bond acceptors (Lipinski definition) is 3. The van der Waals surface area contributed by atoms with E-state index in [0.29, 0.717) is 5.56 Å². The van der Waals surface area contributed by atoms with Crippen molar-refractivity contribution in [1.29, 1.82) is 0 Å². The van der Waals surface area contributed by atoms with E-state index in [2.05, 4.69) is 6.92 Å². The molecule has 1 saturated heterocycles. The van der Waals surface area contributed by atoms with Crippen LogP contribution in [0.3, 0.4) is 0 Å². The molecule has 150 valence electrons. The highest BCUT2D eigenvalue weighted by molar-refractivity contribution is 6.58. The molecule has 0 unspecified atom stereocenters. The second-order valence-electron chi connectivity index (χ2n) is 8.59. The Morgan fingerprint density at radius 1 is 1.00 bits per heavy atom. The second-order valence-corrected chi connectivity index (χ2v) is 12.1. The minimum atomic E-state index is -0.388. The van der Waals surface area contributed by atoms with E-state index in [1.54, 1.807) is 37.4 Å². The van der Waals surface area contributed by atoms with Crippen molar-refractivity contribution in [3.63, 3.8) is 0 Å². The summed E-state index contributed by atoms with van der Waals surface area (Å²) >= 11 is 0. The molecule has 0 atom stereocenters. The molecule has 3 nitrogen and oxygen atoms in total. The van der Waals surface area contributed by atoms with Crippen molar-refractivity contribution in [2.45, 2.75) is 82.5 Å². The van der Waals surface area contributed by atoms with Crippen LogP contribution >= 0.6 is 0 Å². The van der Waals surface area contributed by atoms with Crippen LogP contribution in [0.4, 0.5) is 0 Å². The molecule has 2 aliphatic rings. The molecule has 0 aromatic heterocycles. The maximum Gasteiger partial charge on any atom is 0.338 e. The smallest absolute Gasteiger partial charge is 0.338 e. The fourth-order valence-corrected chi connectivity index (χ4v) is 8.72. The quantitative estimate of drug-likeness (QED) is 0.434. The lowest BCUT2D eigenvalue weighted by Crippen LogP contribution is -2.31. The third-order valence-corrected chi connectivity index (χ3v) is 10.4. The third-order valence-electron chi connectivity index (χ3n) is 6.84. The van der Waals surface area contributed by atoms with Crippen LogP contribution in [0, 0.1) is 11.8 Å². The molecule has 0 radical (unpaired) electrons. The van der Waals surface area contributed by atoms with E-state index >= 15 is 0 Å². The van der Waals surface area contributed by atoms with Gasteiger partial charge < -0.3 is 9.47 Å². The van der Waals surface area contributed by atoms with Gasteiger partial charge in [0.15, 0.2) is 0 Å². The predicted octanol–water partition coefficient (Wildman–Crippen LogP) is 5.85. The van der Waals surface area contributed by atoms with Crippen LogP contribution in [0.2, 0.25) is 18.1 Å². The number of methoxy groups -OCH3 is 1. The molecule has 1 heterocycles. The molecule has 4 heteroatoms. The van der Waals surface area contributed by atoms with Crippen molar-refractivity contribution in [3.05, 3.63) is 29.8 Å². The maximum atomic E-state index is 12.4. The van der Waals surface area contributed by atoms with Crippen LogP contribution in [0.1, 0.15) is 68.6 Å². The Balaban J connectivity index is 1.39. The summed E-state index contributed by atoms with van der Waals surface area (Å²) in [5.41, 5.74) is 0.619. The van der Waals surface area contributed by atoms with Crippen molar-refractivity contribution in [3.8, 4) is 5.75 Å². The molecule has 1 aliphatic carbocycles. The van der Waals surface area contributed by atoms with Gasteiger partial charge in [-0.3, -0.25) is 0 Å². The Kier molecular flexibility index (Phi) is 7.80. The normalized spacial score (nSPS) is 28.5. The van der Waals surface area contributed by atoms with Crippen LogP contribution in [0.25, 0.3) is 0 Å². The van der Waals surface area contributed by atoms with Crippen LogP contribution in [-0.4, -0.2) is 28.0 Å². The maximum absolute atomic E-state index is 12.4. The summed E-state index contributed by atoms with van der Waals surface area (Å²) in [4.78, 5) is 12.4. The number of esters is 1. The monoisotopic (exact) mass is 388 g/mol. The predicted molar refractivity (Wildman–Crippen MR) is 113 cm³/mol. The highest BCUT2D eigenvalue weighted by atomic mass is 28.3. The van der Waals surface area contributed by atoms with Gasteiger partial charge in [-0.25, -0.2) is 4.79 Å². The average molecular weight is 389 g/mol. The highest BCUT2D eigenvalue weighted by Gasteiger charge is 2.32. The van der Waals surface area contributed by atoms with E-state index in [-0.39, 0.29) is 20.9 Å². The van der Waals surface area contributed by atoms with Crippen molar-refractivity contribution in [2.75, 3.05) is 7.11 Å². The minimum absolute atomic E-state index is 0.103. The van der Waals surface area contributed by atoms with Crippen LogP contribution in [-0.2, 0) is 4.74 Å². The number of unbranched alkanes of at least 4 members (excludes halogenated alkanes) is 1. The molecule has 27 heavy (non-hydrogen) atoms. The van der Waals surface area contributed by atoms with Gasteiger partial charge in [0.05, 0.1) is 12.7 Å². The van der Waals surface area contributed by atoms with E-state index in [0.717, 1.165) is 30.4 Å². The summed E-state index contributed by atoms with van der Waals surface area (Å²) in [5.74, 6) is 2.40. The Labute approximate surface area is 166 Å². The highest BCUT2D eigenvalue weighted by Crippen LogP contribution is 2.40. The summed E-state index contributed by atoms with van der Waals surface area (Å²) in [5, 5.41) is 0. The van der Waals surface area contributed by atoms with E-state index in [1.165, 1.54) is 38.5 Å². The first-order chi connectivity index (χ1) is 13.2. The number of benzene rings is 1. The SMILES string of the molecule is CCCC[SiH]1CCC(C2CCC(OC(=O)c3ccc(OC)cc3)CC2)CC1. The van der Waals surface area contributed by atoms with Gasteiger partial charge in [0.2, 0.25) is 0 Å². The lowest BCUT2D eigenvalue weighted by Gasteiger charge is -2.37. The lowest BCUT2D eigenvalue weighted by atomic mass is 9.76. The first-order valence-electron chi connectivity index (χ1n) is 11.0. The molecule has 1 aliphatic heterocycles. The Hall–Kier alpha value is -1.29. The zero-order valence-electron chi connectivity index (χ0n) is 17.1. The fraction of sp³-hybridized carbons (Fsp3) is 0.696. The van der Waals surface area contributed by atoms with Gasteiger partial charge >= 0.3 is 5.97 Å². The molecular formula is C23H36O3Si. The topological polar surface area (TPSA) is 35.5 Å². The number of carbonyl (C=O) groups excluding carboxylic acids is 1. The number of rotatable bonds is 7. The molecule has 0 spiro atoms. The van der Waals surface area contributed by atoms with Crippen molar-refractivity contribution in [2.24, 2.45) is 11.8 Å². The van der Waals surface area contributed by atoms with Crippen molar-refractivity contribution >= 4 is 14.8 Å².